The molecule has 0 aliphatic carbocycles. The van der Waals surface area contributed by atoms with Gasteiger partial charge in [-0.05, 0) is 51.0 Å². The van der Waals surface area contributed by atoms with Crippen LogP contribution in [0.2, 0.25) is 0 Å². The molecule has 0 aromatic carbocycles. The molecule has 0 saturated heterocycles. The van der Waals surface area contributed by atoms with Gasteiger partial charge in [-0.25, -0.2) is 4.57 Å². The zero-order valence-electron chi connectivity index (χ0n) is 29.1. The first kappa shape index (κ1) is 43.8. The molecule has 9 heteroatoms. The number of unbranched alkanes of at least 4 members (excludes halogenated alkanes) is 20. The van der Waals surface area contributed by atoms with E-state index >= 15 is 0 Å². The maximum Gasteiger partial charge on any atom is 0.472 e. The first-order valence-corrected chi connectivity index (χ1v) is 19.9. The van der Waals surface area contributed by atoms with Crippen molar-refractivity contribution in [2.45, 2.75) is 174 Å². The smallest absolute Gasteiger partial charge is 0.472 e. The fraction of sp³-hybridized carbons (Fsp3) is 0.861. The van der Waals surface area contributed by atoms with Crippen molar-refractivity contribution in [3.05, 3.63) is 24.5 Å². The number of ether oxygens (including phenoxy) is 2. The predicted molar refractivity (Wildman–Crippen MR) is 187 cm³/mol. The third kappa shape index (κ3) is 34.0. The van der Waals surface area contributed by atoms with Crippen molar-refractivity contribution in [3.63, 3.8) is 0 Å². The summed E-state index contributed by atoms with van der Waals surface area (Å²) >= 11 is 0. The summed E-state index contributed by atoms with van der Waals surface area (Å²) in [6.45, 7) is 4.20. The zero-order valence-corrected chi connectivity index (χ0v) is 30.0. The molecule has 0 radical (unpaired) electrons. The van der Waals surface area contributed by atoms with Gasteiger partial charge < -0.3 is 20.1 Å². The first-order valence-electron chi connectivity index (χ1n) is 18.4. The largest absolute Gasteiger partial charge is 0.498 e. The van der Waals surface area contributed by atoms with Crippen LogP contribution in [-0.2, 0) is 27.9 Å². The molecule has 0 aromatic heterocycles. The topological polar surface area (TPSA) is 117 Å². The Kier molecular flexibility index (Phi) is 33.3. The van der Waals surface area contributed by atoms with E-state index in [9.17, 15) is 14.3 Å². The second-order valence-electron chi connectivity index (χ2n) is 12.2. The molecule has 45 heavy (non-hydrogen) atoms. The Hall–Kier alpha value is -1.18. The number of hydrogen-bond acceptors (Lipinski definition) is 7. The molecule has 0 bridgehead atoms. The average molecular weight is 660 g/mol. The Morgan fingerprint density at radius 3 is 1.69 bits per heavy atom. The molecule has 1 unspecified atom stereocenters. The Labute approximate surface area is 276 Å². The molecule has 3 N–H and O–H groups in total. The maximum atomic E-state index is 12.5. The summed E-state index contributed by atoms with van der Waals surface area (Å²) in [5, 5.41) is 0. The highest BCUT2D eigenvalue weighted by molar-refractivity contribution is 7.47. The van der Waals surface area contributed by atoms with Crippen LogP contribution in [0.3, 0.4) is 0 Å². The van der Waals surface area contributed by atoms with Gasteiger partial charge in [-0.3, -0.25) is 13.8 Å². The maximum absolute atomic E-state index is 12.5. The normalized spacial score (nSPS) is 13.9. The number of phosphoric ester groups is 1. The van der Waals surface area contributed by atoms with Gasteiger partial charge in [0.15, 0.2) is 6.10 Å². The fourth-order valence-electron chi connectivity index (χ4n) is 4.96. The van der Waals surface area contributed by atoms with Gasteiger partial charge in [-0.2, -0.15) is 0 Å². The number of phosphoric acid groups is 1. The lowest BCUT2D eigenvalue weighted by Gasteiger charge is -2.19. The Balaban J connectivity index is 4.17. The molecular formula is C36H70NO7P. The number of rotatable bonds is 35. The van der Waals surface area contributed by atoms with Crippen LogP contribution >= 0.6 is 7.82 Å². The lowest BCUT2D eigenvalue weighted by atomic mass is 10.0. The minimum Gasteiger partial charge on any atom is -0.498 e. The van der Waals surface area contributed by atoms with Gasteiger partial charge in [0.25, 0.3) is 0 Å². The highest BCUT2D eigenvalue weighted by Gasteiger charge is 2.25. The van der Waals surface area contributed by atoms with Crippen molar-refractivity contribution in [1.82, 2.24) is 0 Å². The van der Waals surface area contributed by atoms with Crippen molar-refractivity contribution in [3.8, 4) is 0 Å². The molecule has 0 amide bonds. The number of nitrogens with two attached hydrogens (primary N) is 1. The molecule has 0 spiro atoms. The van der Waals surface area contributed by atoms with E-state index in [2.05, 4.69) is 26.0 Å². The van der Waals surface area contributed by atoms with E-state index < -0.39 is 13.9 Å². The molecule has 0 heterocycles. The minimum atomic E-state index is -4.28. The van der Waals surface area contributed by atoms with Gasteiger partial charge in [0.2, 0.25) is 0 Å². The lowest BCUT2D eigenvalue weighted by Crippen LogP contribution is -2.27. The molecule has 0 aliphatic heterocycles. The fourth-order valence-corrected chi connectivity index (χ4v) is 5.72. The van der Waals surface area contributed by atoms with Crippen LogP contribution in [0, 0.1) is 0 Å². The van der Waals surface area contributed by atoms with E-state index in [4.69, 9.17) is 24.3 Å². The molecular weight excluding hydrogens is 589 g/mol. The highest BCUT2D eigenvalue weighted by atomic mass is 31.2. The summed E-state index contributed by atoms with van der Waals surface area (Å²) in [6, 6.07) is 0. The lowest BCUT2D eigenvalue weighted by molar-refractivity contribution is -0.153. The van der Waals surface area contributed by atoms with E-state index in [0.29, 0.717) is 6.42 Å². The quantitative estimate of drug-likeness (QED) is 0.0227. The second-order valence-corrected chi connectivity index (χ2v) is 13.6. The summed E-state index contributed by atoms with van der Waals surface area (Å²) in [4.78, 5) is 22.3. The minimum absolute atomic E-state index is 0.0313. The van der Waals surface area contributed by atoms with E-state index in [1.807, 2.05) is 6.08 Å². The van der Waals surface area contributed by atoms with Crippen molar-refractivity contribution < 1.29 is 32.8 Å². The van der Waals surface area contributed by atoms with Crippen molar-refractivity contribution in [1.29, 1.82) is 0 Å². The summed E-state index contributed by atoms with van der Waals surface area (Å²) in [7, 11) is -4.28. The third-order valence-electron chi connectivity index (χ3n) is 7.69. The molecule has 8 nitrogen and oxygen atoms in total. The number of allylic oxidation sites excluding steroid dienone is 3. The van der Waals surface area contributed by atoms with Crippen LogP contribution in [0.5, 0.6) is 0 Å². The van der Waals surface area contributed by atoms with Crippen LogP contribution in [0.1, 0.15) is 168 Å². The summed E-state index contributed by atoms with van der Waals surface area (Å²) in [6.07, 6.45) is 35.6. The summed E-state index contributed by atoms with van der Waals surface area (Å²) in [5.74, 6) is -0.363. The van der Waals surface area contributed by atoms with Gasteiger partial charge >= 0.3 is 13.8 Å². The number of hydrogen-bond donors (Lipinski definition) is 2. The summed E-state index contributed by atoms with van der Waals surface area (Å²) in [5.41, 5.74) is 5.34. The Bertz CT molecular complexity index is 747. The van der Waals surface area contributed by atoms with Crippen LogP contribution in [0.4, 0.5) is 0 Å². The SMILES string of the molecule is CCCCC/C=C/CCCCCCCC(=O)O[C@H](CO/C=C/CCCCCCCCCCCCCC)COP(=O)(O)OCCN. The molecule has 0 aliphatic rings. The van der Waals surface area contributed by atoms with Gasteiger partial charge in [-0.1, -0.05) is 129 Å². The number of esters is 1. The molecule has 0 saturated carbocycles. The standard InChI is InChI=1S/C36H70NO7P/c1-3-5-7-9-11-13-15-17-18-20-22-24-26-28-31-41-33-35(34-43-45(39,40)42-32-30-37)44-36(38)29-27-25-23-21-19-16-14-12-10-8-6-4-2/h12,14,28,31,35H,3-11,13,15-27,29-30,32-34,37H2,1-2H3,(H,39,40)/b14-12+,31-28+/t35-/m1/s1. The third-order valence-corrected chi connectivity index (χ3v) is 8.67. The van der Waals surface area contributed by atoms with E-state index in [-0.39, 0.29) is 32.3 Å². The second kappa shape index (κ2) is 34.2. The van der Waals surface area contributed by atoms with Gasteiger partial charge in [0, 0.05) is 13.0 Å². The molecule has 0 rings (SSSR count). The van der Waals surface area contributed by atoms with Gasteiger partial charge in [0.1, 0.15) is 6.61 Å². The van der Waals surface area contributed by atoms with Crippen LogP contribution in [-0.4, -0.2) is 43.3 Å². The Morgan fingerprint density at radius 2 is 1.13 bits per heavy atom. The Morgan fingerprint density at radius 1 is 0.667 bits per heavy atom. The van der Waals surface area contributed by atoms with Crippen LogP contribution in [0.25, 0.3) is 0 Å². The van der Waals surface area contributed by atoms with Crippen molar-refractivity contribution in [2.75, 3.05) is 26.4 Å². The van der Waals surface area contributed by atoms with E-state index in [0.717, 1.165) is 44.9 Å². The molecule has 2 atom stereocenters. The zero-order chi connectivity index (χ0) is 33.1. The van der Waals surface area contributed by atoms with E-state index in [1.165, 1.54) is 103 Å². The van der Waals surface area contributed by atoms with Crippen LogP contribution < -0.4 is 5.73 Å². The first-order chi connectivity index (χ1) is 21.9. The number of carbonyl (C=O) groups is 1. The van der Waals surface area contributed by atoms with Crippen molar-refractivity contribution in [2.24, 2.45) is 5.73 Å². The van der Waals surface area contributed by atoms with Crippen LogP contribution in [0.15, 0.2) is 24.5 Å². The van der Waals surface area contributed by atoms with Gasteiger partial charge in [-0.15, -0.1) is 0 Å². The summed E-state index contributed by atoms with van der Waals surface area (Å²) < 4.78 is 33.0. The van der Waals surface area contributed by atoms with Gasteiger partial charge in [0.05, 0.1) is 19.5 Å². The molecule has 0 aromatic rings. The van der Waals surface area contributed by atoms with E-state index in [1.54, 1.807) is 6.26 Å². The molecule has 0 fully saturated rings. The predicted octanol–water partition coefficient (Wildman–Crippen LogP) is 10.5. The molecule has 266 valence electrons. The monoisotopic (exact) mass is 659 g/mol. The number of carbonyl (C=O) groups excluding carboxylic acids is 1. The van der Waals surface area contributed by atoms with Crippen molar-refractivity contribution >= 4 is 13.8 Å². The highest BCUT2D eigenvalue weighted by Crippen LogP contribution is 2.43. The average Bonchev–Trinajstić information content (AvgIpc) is 3.02.